The van der Waals surface area contributed by atoms with Crippen LogP contribution in [0.4, 0.5) is 4.39 Å². The molecule has 0 aliphatic heterocycles. The molecular formula is C23H27Cl2FN2O2S. The molecule has 2 aromatic carbocycles. The van der Waals surface area contributed by atoms with Crippen molar-refractivity contribution in [2.24, 2.45) is 0 Å². The summed E-state index contributed by atoms with van der Waals surface area (Å²) < 4.78 is 14.0. The third-order valence-corrected chi connectivity index (χ3v) is 6.48. The number of hydrogen-bond acceptors (Lipinski definition) is 3. The number of carbonyl (C=O) groups excluding carboxylic acids is 2. The van der Waals surface area contributed by atoms with Crippen molar-refractivity contribution < 1.29 is 14.0 Å². The molecule has 2 aromatic rings. The van der Waals surface area contributed by atoms with Crippen molar-refractivity contribution in [3.05, 3.63) is 69.5 Å². The lowest BCUT2D eigenvalue weighted by Gasteiger charge is -2.29. The maximum atomic E-state index is 14.0. The van der Waals surface area contributed by atoms with Gasteiger partial charge in [-0.05, 0) is 50.1 Å². The first-order valence-electron chi connectivity index (χ1n) is 10.1. The molecule has 0 saturated carbocycles. The molecule has 0 radical (unpaired) electrons. The van der Waals surface area contributed by atoms with Crippen LogP contribution in [0.25, 0.3) is 0 Å². The van der Waals surface area contributed by atoms with Gasteiger partial charge < -0.3 is 10.2 Å². The van der Waals surface area contributed by atoms with E-state index in [1.54, 1.807) is 37.3 Å². The standard InChI is InChI=1S/C23H27Cl2FN2O2S/c1-4-15(2)27-23(30)16(3)28(12-17-7-5-8-18(24)11-17)22(29)14-31-13-19-20(25)9-6-10-21(19)26/h5-11,15-16H,4,12-14H2,1-3H3,(H,27,30)/t15-,16+/m0/s1. The second-order valence-electron chi connectivity index (χ2n) is 7.34. The first-order valence-corrected chi connectivity index (χ1v) is 12.0. The molecule has 0 unspecified atom stereocenters. The Morgan fingerprint density at radius 3 is 2.52 bits per heavy atom. The molecular weight excluding hydrogens is 458 g/mol. The van der Waals surface area contributed by atoms with Crippen LogP contribution in [-0.4, -0.2) is 34.6 Å². The Balaban J connectivity index is 2.12. The lowest BCUT2D eigenvalue weighted by Crippen LogP contribution is -2.50. The number of benzene rings is 2. The molecule has 31 heavy (non-hydrogen) atoms. The third-order valence-electron chi connectivity index (χ3n) is 4.94. The van der Waals surface area contributed by atoms with E-state index >= 15 is 0 Å². The maximum Gasteiger partial charge on any atom is 0.242 e. The number of amides is 2. The highest BCUT2D eigenvalue weighted by Gasteiger charge is 2.27. The molecule has 2 amide bonds. The van der Waals surface area contributed by atoms with Gasteiger partial charge in [-0.15, -0.1) is 11.8 Å². The van der Waals surface area contributed by atoms with Gasteiger partial charge in [-0.3, -0.25) is 9.59 Å². The highest BCUT2D eigenvalue weighted by molar-refractivity contribution is 7.99. The predicted molar refractivity (Wildman–Crippen MR) is 127 cm³/mol. The highest BCUT2D eigenvalue weighted by atomic mass is 35.5. The monoisotopic (exact) mass is 484 g/mol. The molecule has 2 rings (SSSR count). The Labute approximate surface area is 197 Å². The van der Waals surface area contributed by atoms with Crippen molar-refractivity contribution in [2.75, 3.05) is 5.75 Å². The summed E-state index contributed by atoms with van der Waals surface area (Å²) in [5.74, 6) is -0.484. The van der Waals surface area contributed by atoms with E-state index in [1.165, 1.54) is 22.7 Å². The summed E-state index contributed by atoms with van der Waals surface area (Å²) >= 11 is 13.4. The summed E-state index contributed by atoms with van der Waals surface area (Å²) in [7, 11) is 0. The van der Waals surface area contributed by atoms with Crippen LogP contribution in [0.1, 0.15) is 38.3 Å². The fourth-order valence-corrected chi connectivity index (χ4v) is 4.34. The largest absolute Gasteiger partial charge is 0.352 e. The molecule has 0 bridgehead atoms. The second-order valence-corrected chi connectivity index (χ2v) is 9.17. The van der Waals surface area contributed by atoms with Gasteiger partial charge >= 0.3 is 0 Å². The van der Waals surface area contributed by atoms with Crippen molar-refractivity contribution in [2.45, 2.75) is 51.6 Å². The van der Waals surface area contributed by atoms with Crippen LogP contribution in [0, 0.1) is 5.82 Å². The van der Waals surface area contributed by atoms with E-state index in [0.29, 0.717) is 15.6 Å². The summed E-state index contributed by atoms with van der Waals surface area (Å²) in [6.07, 6.45) is 0.792. The minimum absolute atomic E-state index is 0.00986. The molecule has 0 spiro atoms. The number of rotatable bonds is 10. The van der Waals surface area contributed by atoms with Crippen LogP contribution < -0.4 is 5.32 Å². The van der Waals surface area contributed by atoms with Gasteiger partial charge in [-0.2, -0.15) is 0 Å². The van der Waals surface area contributed by atoms with Crippen LogP contribution in [0.3, 0.4) is 0 Å². The van der Waals surface area contributed by atoms with Crippen molar-refractivity contribution in [1.29, 1.82) is 0 Å². The Hall–Kier alpha value is -1.76. The molecule has 1 N–H and O–H groups in total. The molecule has 168 valence electrons. The first-order chi connectivity index (χ1) is 14.7. The molecule has 0 aliphatic carbocycles. The van der Waals surface area contributed by atoms with Gasteiger partial charge in [0, 0.05) is 33.9 Å². The lowest BCUT2D eigenvalue weighted by atomic mass is 10.1. The van der Waals surface area contributed by atoms with E-state index in [9.17, 15) is 14.0 Å². The van der Waals surface area contributed by atoms with Crippen molar-refractivity contribution in [3.63, 3.8) is 0 Å². The van der Waals surface area contributed by atoms with Gasteiger partial charge in [0.05, 0.1) is 5.75 Å². The smallest absolute Gasteiger partial charge is 0.242 e. The minimum Gasteiger partial charge on any atom is -0.352 e. The van der Waals surface area contributed by atoms with E-state index in [4.69, 9.17) is 23.2 Å². The summed E-state index contributed by atoms with van der Waals surface area (Å²) in [5, 5.41) is 3.82. The van der Waals surface area contributed by atoms with Crippen LogP contribution in [0.2, 0.25) is 10.0 Å². The molecule has 4 nitrogen and oxygen atoms in total. The SMILES string of the molecule is CC[C@H](C)NC(=O)[C@@H](C)N(Cc1cccc(Cl)c1)C(=O)CSCc1c(F)cccc1Cl. The summed E-state index contributed by atoms with van der Waals surface area (Å²) in [6, 6.07) is 11.0. The van der Waals surface area contributed by atoms with Crippen LogP contribution >= 0.6 is 35.0 Å². The van der Waals surface area contributed by atoms with Crippen LogP contribution in [-0.2, 0) is 21.9 Å². The van der Waals surface area contributed by atoms with E-state index in [0.717, 1.165) is 12.0 Å². The van der Waals surface area contributed by atoms with E-state index in [2.05, 4.69) is 5.32 Å². The first kappa shape index (κ1) is 25.5. The normalized spacial score (nSPS) is 12.8. The molecule has 0 saturated heterocycles. The summed E-state index contributed by atoms with van der Waals surface area (Å²) in [6.45, 7) is 5.85. The molecule has 2 atom stereocenters. The Morgan fingerprint density at radius 2 is 1.87 bits per heavy atom. The zero-order valence-corrected chi connectivity index (χ0v) is 20.2. The zero-order chi connectivity index (χ0) is 23.0. The van der Waals surface area contributed by atoms with Gasteiger partial charge in [-0.25, -0.2) is 4.39 Å². The molecule has 0 heterocycles. The van der Waals surface area contributed by atoms with Crippen LogP contribution in [0.5, 0.6) is 0 Å². The van der Waals surface area contributed by atoms with Crippen molar-refractivity contribution in [3.8, 4) is 0 Å². The van der Waals surface area contributed by atoms with Gasteiger partial charge in [0.25, 0.3) is 0 Å². The Kier molecular flexibility index (Phi) is 10.1. The average Bonchev–Trinajstić information content (AvgIpc) is 2.73. The number of carbonyl (C=O) groups is 2. The molecule has 8 heteroatoms. The van der Waals surface area contributed by atoms with Gasteiger partial charge in [0.15, 0.2) is 0 Å². The van der Waals surface area contributed by atoms with Crippen molar-refractivity contribution >= 4 is 46.8 Å². The summed E-state index contributed by atoms with van der Waals surface area (Å²) in [4.78, 5) is 27.3. The molecule has 0 aliphatic rings. The van der Waals surface area contributed by atoms with Gasteiger partial charge in [0.2, 0.25) is 11.8 Å². The number of nitrogens with one attached hydrogen (secondary N) is 1. The highest BCUT2D eigenvalue weighted by Crippen LogP contribution is 2.24. The number of halogens is 3. The number of nitrogens with zero attached hydrogens (tertiary/aromatic N) is 1. The van der Waals surface area contributed by atoms with E-state index in [-0.39, 0.29) is 35.9 Å². The van der Waals surface area contributed by atoms with E-state index < -0.39 is 11.9 Å². The second kappa shape index (κ2) is 12.3. The molecule has 0 aromatic heterocycles. The third kappa shape index (κ3) is 7.70. The fraction of sp³-hybridized carbons (Fsp3) is 0.391. The maximum absolute atomic E-state index is 14.0. The fourth-order valence-electron chi connectivity index (χ4n) is 2.87. The van der Waals surface area contributed by atoms with Crippen LogP contribution in [0.15, 0.2) is 42.5 Å². The average molecular weight is 485 g/mol. The Bertz CT molecular complexity index is 893. The van der Waals surface area contributed by atoms with Gasteiger partial charge in [0.1, 0.15) is 11.9 Å². The lowest BCUT2D eigenvalue weighted by molar-refractivity contribution is -0.138. The zero-order valence-electron chi connectivity index (χ0n) is 17.8. The molecule has 0 fully saturated rings. The minimum atomic E-state index is -0.668. The topological polar surface area (TPSA) is 49.4 Å². The number of thioether (sulfide) groups is 1. The van der Waals surface area contributed by atoms with Gasteiger partial charge in [-0.1, -0.05) is 48.3 Å². The Morgan fingerprint density at radius 1 is 1.16 bits per heavy atom. The summed E-state index contributed by atoms with van der Waals surface area (Å²) in [5.41, 5.74) is 1.19. The van der Waals surface area contributed by atoms with E-state index in [1.807, 2.05) is 19.9 Å². The van der Waals surface area contributed by atoms with Crippen molar-refractivity contribution in [1.82, 2.24) is 10.2 Å². The predicted octanol–water partition coefficient (Wildman–Crippen LogP) is 5.70. The number of hydrogen-bond donors (Lipinski definition) is 1. The quantitative estimate of drug-likeness (QED) is 0.470.